The highest BCUT2D eigenvalue weighted by Gasteiger charge is 2.42. The van der Waals surface area contributed by atoms with Gasteiger partial charge in [0.15, 0.2) is 0 Å². The molecule has 8 heteroatoms. The van der Waals surface area contributed by atoms with Gasteiger partial charge < -0.3 is 14.5 Å². The fourth-order valence-electron chi connectivity index (χ4n) is 8.21. The number of nitrogens with zero attached hydrogens (tertiary/aromatic N) is 7. The molecular weight excluding hydrogens is 508 g/mol. The number of aromatic nitrogens is 6. The number of piperidine rings is 2. The number of aryl methyl sites for hydroxylation is 2. The minimum absolute atomic E-state index is 0.436. The first kappa shape index (κ1) is 28.5. The van der Waals surface area contributed by atoms with Crippen molar-refractivity contribution in [3.05, 3.63) is 59.2 Å². The van der Waals surface area contributed by atoms with Gasteiger partial charge >= 0.3 is 0 Å². The Morgan fingerprint density at radius 2 is 1.15 bits per heavy atom. The molecule has 4 aliphatic rings. The van der Waals surface area contributed by atoms with Crippen molar-refractivity contribution < 1.29 is 0 Å². The Hall–Kier alpha value is -2.58. The molecule has 0 amide bonds. The van der Waals surface area contributed by atoms with E-state index in [4.69, 9.17) is 0 Å². The van der Waals surface area contributed by atoms with E-state index in [1.54, 1.807) is 0 Å². The van der Waals surface area contributed by atoms with Crippen LogP contribution < -0.4 is 5.32 Å². The van der Waals surface area contributed by atoms with Gasteiger partial charge in [0.2, 0.25) is 0 Å². The Morgan fingerprint density at radius 1 is 0.659 bits per heavy atom. The molecule has 7 rings (SSSR count). The molecule has 8 nitrogen and oxygen atoms in total. The van der Waals surface area contributed by atoms with Crippen molar-refractivity contribution in [2.24, 2.45) is 0 Å². The average molecular weight is 559 g/mol. The molecule has 4 saturated heterocycles. The Morgan fingerprint density at radius 3 is 1.63 bits per heavy atom. The molecule has 222 valence electrons. The number of hydrogen-bond donors (Lipinski definition) is 1. The SMILES string of the molecule is Cc1nnc(C(C)C)n1C1CC2CCC(C1)N2.Cc1nnc(C(C)C)n1C1CC2CCC(C1)N2Cc1ccccc1. The fraction of sp³-hybridized carbons (Fsp3) is 0.697. The zero-order valence-electron chi connectivity index (χ0n) is 26.0. The first-order chi connectivity index (χ1) is 19.8. The highest BCUT2D eigenvalue weighted by Crippen LogP contribution is 2.43. The Kier molecular flexibility index (Phi) is 8.32. The van der Waals surface area contributed by atoms with E-state index in [2.05, 4.69) is 112 Å². The second kappa shape index (κ2) is 12.0. The van der Waals surface area contributed by atoms with Gasteiger partial charge in [0.25, 0.3) is 0 Å². The summed E-state index contributed by atoms with van der Waals surface area (Å²) in [6.07, 6.45) is 10.3. The molecule has 2 aromatic heterocycles. The molecular formula is C33H50N8. The largest absolute Gasteiger partial charge is 0.312 e. The quantitative estimate of drug-likeness (QED) is 0.386. The highest BCUT2D eigenvalue weighted by molar-refractivity contribution is 5.16. The van der Waals surface area contributed by atoms with Gasteiger partial charge in [0.05, 0.1) is 0 Å². The lowest BCUT2D eigenvalue weighted by Crippen LogP contribution is -2.43. The topological polar surface area (TPSA) is 76.7 Å². The molecule has 0 radical (unpaired) electrons. The Balaban J connectivity index is 0.000000156. The molecule has 1 aromatic carbocycles. The molecule has 3 aromatic rings. The standard InChI is InChI=1S/C20H28N4.C13H22N4/c1-14(2)20-22-21-15(3)24(20)19-11-17-9-10-18(12-19)23(17)13-16-7-5-4-6-8-16;1-8(2)13-16-15-9(3)17(13)12-6-10-4-5-11(7-12)14-10/h4-8,14,17-19H,9-13H2,1-3H3;8,10-12,14H,4-7H2,1-3H3. The summed E-state index contributed by atoms with van der Waals surface area (Å²) in [6.45, 7) is 14.1. The third-order valence-electron chi connectivity index (χ3n) is 10.1. The molecule has 4 fully saturated rings. The van der Waals surface area contributed by atoms with Gasteiger partial charge in [-0.05, 0) is 70.8 Å². The van der Waals surface area contributed by atoms with Crippen molar-refractivity contribution in [2.45, 2.75) is 148 Å². The first-order valence-electron chi connectivity index (χ1n) is 16.2. The highest BCUT2D eigenvalue weighted by atomic mass is 15.3. The molecule has 0 saturated carbocycles. The van der Waals surface area contributed by atoms with Gasteiger partial charge in [-0.15, -0.1) is 20.4 Å². The van der Waals surface area contributed by atoms with E-state index in [1.165, 1.54) is 56.9 Å². The molecule has 1 N–H and O–H groups in total. The van der Waals surface area contributed by atoms with Crippen molar-refractivity contribution in [1.82, 2.24) is 39.7 Å². The van der Waals surface area contributed by atoms with Gasteiger partial charge in [0.1, 0.15) is 23.3 Å². The molecule has 4 bridgehead atoms. The number of hydrogen-bond acceptors (Lipinski definition) is 6. The lowest BCUT2D eigenvalue weighted by atomic mass is 9.95. The molecule has 0 spiro atoms. The monoisotopic (exact) mass is 558 g/mol. The van der Waals surface area contributed by atoms with Crippen molar-refractivity contribution in [3.63, 3.8) is 0 Å². The van der Waals surface area contributed by atoms with Crippen molar-refractivity contribution in [3.8, 4) is 0 Å². The predicted octanol–water partition coefficient (Wildman–Crippen LogP) is 6.24. The zero-order chi connectivity index (χ0) is 28.7. The summed E-state index contributed by atoms with van der Waals surface area (Å²) in [5.74, 6) is 5.39. The van der Waals surface area contributed by atoms with Gasteiger partial charge in [-0.3, -0.25) is 4.90 Å². The third kappa shape index (κ3) is 5.87. The molecule has 4 unspecified atom stereocenters. The summed E-state index contributed by atoms with van der Waals surface area (Å²) in [5.41, 5.74) is 1.44. The number of rotatable bonds is 6. The average Bonchev–Trinajstić information content (AvgIpc) is 3.68. The van der Waals surface area contributed by atoms with Crippen LogP contribution in [0.2, 0.25) is 0 Å². The maximum Gasteiger partial charge on any atom is 0.135 e. The van der Waals surface area contributed by atoms with E-state index in [-0.39, 0.29) is 0 Å². The van der Waals surface area contributed by atoms with Crippen LogP contribution in [0, 0.1) is 13.8 Å². The maximum atomic E-state index is 4.45. The Labute approximate surface area is 246 Å². The lowest BCUT2D eigenvalue weighted by molar-refractivity contribution is 0.0973. The van der Waals surface area contributed by atoms with E-state index in [0.29, 0.717) is 36.0 Å². The second-order valence-electron chi connectivity index (χ2n) is 13.7. The molecule has 6 heterocycles. The second-order valence-corrected chi connectivity index (χ2v) is 13.7. The van der Waals surface area contributed by atoms with Gasteiger partial charge in [-0.25, -0.2) is 0 Å². The van der Waals surface area contributed by atoms with E-state index in [9.17, 15) is 0 Å². The Bertz CT molecular complexity index is 1270. The van der Waals surface area contributed by atoms with Crippen molar-refractivity contribution in [2.75, 3.05) is 0 Å². The van der Waals surface area contributed by atoms with Crippen LogP contribution >= 0.6 is 0 Å². The van der Waals surface area contributed by atoms with Crippen LogP contribution in [0.15, 0.2) is 30.3 Å². The summed E-state index contributed by atoms with van der Waals surface area (Å²) < 4.78 is 4.84. The smallest absolute Gasteiger partial charge is 0.135 e. The minimum Gasteiger partial charge on any atom is -0.312 e. The normalized spacial score (nSPS) is 29.3. The van der Waals surface area contributed by atoms with Gasteiger partial charge in [0, 0.05) is 54.6 Å². The third-order valence-corrected chi connectivity index (χ3v) is 10.1. The number of nitrogens with one attached hydrogen (secondary N) is 1. The summed E-state index contributed by atoms with van der Waals surface area (Å²) in [5, 5.41) is 21.1. The summed E-state index contributed by atoms with van der Waals surface area (Å²) in [7, 11) is 0. The maximum absolute atomic E-state index is 4.45. The summed E-state index contributed by atoms with van der Waals surface area (Å²) in [4.78, 5) is 2.75. The van der Waals surface area contributed by atoms with Crippen LogP contribution in [0.1, 0.15) is 132 Å². The predicted molar refractivity (Wildman–Crippen MR) is 163 cm³/mol. The lowest BCUT2D eigenvalue weighted by Gasteiger charge is -2.40. The number of benzene rings is 1. The van der Waals surface area contributed by atoms with Crippen molar-refractivity contribution in [1.29, 1.82) is 0 Å². The van der Waals surface area contributed by atoms with E-state index >= 15 is 0 Å². The number of fused-ring (bicyclic) bond motifs is 4. The van der Waals surface area contributed by atoms with Crippen LogP contribution in [0.3, 0.4) is 0 Å². The van der Waals surface area contributed by atoms with E-state index < -0.39 is 0 Å². The van der Waals surface area contributed by atoms with Gasteiger partial charge in [-0.1, -0.05) is 58.0 Å². The van der Waals surface area contributed by atoms with Gasteiger partial charge in [-0.2, -0.15) is 0 Å². The first-order valence-corrected chi connectivity index (χ1v) is 16.2. The zero-order valence-corrected chi connectivity index (χ0v) is 26.0. The molecule has 4 atom stereocenters. The van der Waals surface area contributed by atoms with Crippen LogP contribution in [0.25, 0.3) is 0 Å². The minimum atomic E-state index is 0.436. The van der Waals surface area contributed by atoms with Crippen LogP contribution in [0.4, 0.5) is 0 Å². The van der Waals surface area contributed by atoms with Crippen molar-refractivity contribution >= 4 is 0 Å². The van der Waals surface area contributed by atoms with Crippen LogP contribution in [-0.2, 0) is 6.54 Å². The fourth-order valence-corrected chi connectivity index (χ4v) is 8.21. The summed E-state index contributed by atoms with van der Waals surface area (Å²) in [6, 6.07) is 15.0. The van der Waals surface area contributed by atoms with Crippen LogP contribution in [-0.4, -0.2) is 58.6 Å². The molecule has 41 heavy (non-hydrogen) atoms. The van der Waals surface area contributed by atoms with E-state index in [1.807, 2.05) is 0 Å². The summed E-state index contributed by atoms with van der Waals surface area (Å²) >= 11 is 0. The van der Waals surface area contributed by atoms with Crippen LogP contribution in [0.5, 0.6) is 0 Å². The van der Waals surface area contributed by atoms with E-state index in [0.717, 1.165) is 41.9 Å². The molecule has 4 aliphatic heterocycles. The molecule has 0 aliphatic carbocycles.